The minimum Gasteiger partial charge on any atom is -0.487 e. The SMILES string of the molecule is COCOC(c1ncc(C(=O)c2ccc(OC(F)F)c(OC3CC3)c2)s1)(C(F)(F)F)C(F)(F)F. The molecule has 0 unspecified atom stereocenters. The number of methoxy groups -OCH3 is 1. The zero-order valence-corrected chi connectivity index (χ0v) is 17.8. The van der Waals surface area contributed by atoms with Crippen LogP contribution in [0.25, 0.3) is 0 Å². The summed E-state index contributed by atoms with van der Waals surface area (Å²) < 4.78 is 125. The van der Waals surface area contributed by atoms with E-state index >= 15 is 0 Å². The average molecular weight is 521 g/mol. The molecule has 1 aromatic heterocycles. The molecule has 0 aliphatic heterocycles. The Morgan fingerprint density at radius 3 is 2.29 bits per heavy atom. The molecule has 0 atom stereocenters. The molecule has 3 rings (SSSR count). The van der Waals surface area contributed by atoms with Crippen LogP contribution in [0.5, 0.6) is 11.5 Å². The van der Waals surface area contributed by atoms with Crippen LogP contribution in [0.1, 0.15) is 33.1 Å². The van der Waals surface area contributed by atoms with Crippen LogP contribution in [0.15, 0.2) is 24.4 Å². The lowest BCUT2D eigenvalue weighted by molar-refractivity contribution is -0.400. The van der Waals surface area contributed by atoms with Gasteiger partial charge in [-0.1, -0.05) is 0 Å². The Labute approximate surface area is 190 Å². The maximum absolute atomic E-state index is 13.6. The molecule has 0 bridgehead atoms. The number of alkyl halides is 8. The Morgan fingerprint density at radius 2 is 1.76 bits per heavy atom. The molecule has 0 N–H and O–H groups in total. The largest absolute Gasteiger partial charge is 0.487 e. The number of nitrogens with zero attached hydrogens (tertiary/aromatic N) is 1. The van der Waals surface area contributed by atoms with E-state index in [2.05, 4.69) is 19.2 Å². The molecular weight excluding hydrogens is 506 g/mol. The van der Waals surface area contributed by atoms with Crippen molar-refractivity contribution in [3.05, 3.63) is 39.8 Å². The third-order valence-corrected chi connectivity index (χ3v) is 5.56. The minimum atomic E-state index is -6.00. The first-order chi connectivity index (χ1) is 15.8. The maximum Gasteiger partial charge on any atom is 0.433 e. The van der Waals surface area contributed by atoms with Crippen molar-refractivity contribution in [1.29, 1.82) is 0 Å². The Kier molecular flexibility index (Phi) is 7.38. The van der Waals surface area contributed by atoms with Crippen molar-refractivity contribution >= 4 is 17.1 Å². The van der Waals surface area contributed by atoms with Gasteiger partial charge in [-0.05, 0) is 31.0 Å². The van der Waals surface area contributed by atoms with Gasteiger partial charge in [-0.15, -0.1) is 11.3 Å². The smallest absolute Gasteiger partial charge is 0.433 e. The summed E-state index contributed by atoms with van der Waals surface area (Å²) in [4.78, 5) is 15.4. The molecule has 34 heavy (non-hydrogen) atoms. The first kappa shape index (κ1) is 26.1. The van der Waals surface area contributed by atoms with Gasteiger partial charge in [0.05, 0.1) is 11.0 Å². The number of thiazole rings is 1. The second kappa shape index (κ2) is 9.62. The highest BCUT2D eigenvalue weighted by atomic mass is 32.1. The fraction of sp³-hybridized carbons (Fsp3) is 0.474. The van der Waals surface area contributed by atoms with E-state index in [-0.39, 0.29) is 34.5 Å². The van der Waals surface area contributed by atoms with E-state index in [1.54, 1.807) is 0 Å². The third kappa shape index (κ3) is 5.25. The summed E-state index contributed by atoms with van der Waals surface area (Å²) >= 11 is -0.179. The summed E-state index contributed by atoms with van der Waals surface area (Å²) in [5, 5.41) is -1.58. The molecule has 1 heterocycles. The summed E-state index contributed by atoms with van der Waals surface area (Å²) in [7, 11) is 0.830. The van der Waals surface area contributed by atoms with Crippen LogP contribution in [0, 0.1) is 0 Å². The van der Waals surface area contributed by atoms with Gasteiger partial charge in [0.25, 0.3) is 0 Å². The first-order valence-electron chi connectivity index (χ1n) is 9.33. The molecular formula is C19H15F8NO5S. The molecule has 1 saturated carbocycles. The van der Waals surface area contributed by atoms with E-state index in [1.165, 1.54) is 0 Å². The molecule has 1 aromatic carbocycles. The summed E-state index contributed by atoms with van der Waals surface area (Å²) in [6.45, 7) is -4.56. The number of halogens is 8. The zero-order valence-electron chi connectivity index (χ0n) is 17.0. The van der Waals surface area contributed by atoms with E-state index in [0.717, 1.165) is 25.3 Å². The van der Waals surface area contributed by atoms with E-state index in [1.807, 2.05) is 0 Å². The highest BCUT2D eigenvalue weighted by Gasteiger charge is 2.75. The lowest BCUT2D eigenvalue weighted by Crippen LogP contribution is -2.56. The van der Waals surface area contributed by atoms with Crippen LogP contribution in [0.3, 0.4) is 0 Å². The molecule has 0 radical (unpaired) electrons. The van der Waals surface area contributed by atoms with Gasteiger partial charge < -0.3 is 18.9 Å². The fourth-order valence-corrected chi connectivity index (χ4v) is 3.82. The molecule has 1 aliphatic rings. The first-order valence-corrected chi connectivity index (χ1v) is 10.1. The monoisotopic (exact) mass is 521 g/mol. The van der Waals surface area contributed by atoms with Crippen molar-refractivity contribution in [2.75, 3.05) is 13.9 Å². The number of hydrogen-bond acceptors (Lipinski definition) is 7. The second-order valence-electron chi connectivity index (χ2n) is 6.94. The van der Waals surface area contributed by atoms with E-state index in [4.69, 9.17) is 4.74 Å². The van der Waals surface area contributed by atoms with Gasteiger partial charge in [0.15, 0.2) is 11.5 Å². The fourth-order valence-electron chi connectivity index (χ4n) is 2.76. The number of ether oxygens (including phenoxy) is 4. The quantitative estimate of drug-likeness (QED) is 0.235. The predicted octanol–water partition coefficient (Wildman–Crippen LogP) is 5.46. The van der Waals surface area contributed by atoms with E-state index in [9.17, 15) is 39.9 Å². The molecule has 1 aliphatic carbocycles. The van der Waals surface area contributed by atoms with Gasteiger partial charge in [-0.3, -0.25) is 4.79 Å². The number of carbonyl (C=O) groups is 1. The van der Waals surface area contributed by atoms with Gasteiger partial charge in [-0.25, -0.2) is 4.98 Å². The lowest BCUT2D eigenvalue weighted by Gasteiger charge is -2.34. The van der Waals surface area contributed by atoms with Crippen molar-refractivity contribution in [3.8, 4) is 11.5 Å². The highest BCUT2D eigenvalue weighted by Crippen LogP contribution is 2.54. The Hall–Kier alpha value is -2.52. The number of aromatic nitrogens is 1. The van der Waals surface area contributed by atoms with Crippen molar-refractivity contribution in [2.45, 2.75) is 43.5 Å². The van der Waals surface area contributed by atoms with Gasteiger partial charge in [0.2, 0.25) is 5.78 Å². The van der Waals surface area contributed by atoms with Crippen LogP contribution >= 0.6 is 11.3 Å². The summed E-state index contributed by atoms with van der Waals surface area (Å²) in [6.07, 6.45) is -10.5. The Balaban J connectivity index is 1.99. The molecule has 0 spiro atoms. The summed E-state index contributed by atoms with van der Waals surface area (Å²) in [5.74, 6) is -1.62. The zero-order chi connectivity index (χ0) is 25.3. The molecule has 1 fully saturated rings. The number of ketones is 1. The Morgan fingerprint density at radius 1 is 1.12 bits per heavy atom. The standard InChI is InChI=1S/C19H15F8NO5S/c1-30-8-31-17(18(22,23)24,19(25,26)27)15-28-7-13(34-15)14(29)9-2-5-11(33-16(20)21)12(6-9)32-10-3-4-10/h2,5-7,10,16H,3-4,8H2,1H3. The highest BCUT2D eigenvalue weighted by molar-refractivity contribution is 7.14. The predicted molar refractivity (Wildman–Crippen MR) is 99.0 cm³/mol. The number of hydrogen-bond donors (Lipinski definition) is 0. The van der Waals surface area contributed by atoms with Crippen LogP contribution in [-0.2, 0) is 15.1 Å². The number of rotatable bonds is 10. The normalized spacial score (nSPS) is 15.0. The van der Waals surface area contributed by atoms with Crippen molar-refractivity contribution in [2.24, 2.45) is 0 Å². The molecule has 0 saturated heterocycles. The van der Waals surface area contributed by atoms with Gasteiger partial charge in [0, 0.05) is 18.9 Å². The number of carbonyl (C=O) groups excluding carboxylic acids is 1. The van der Waals surface area contributed by atoms with Gasteiger partial charge in [-0.2, -0.15) is 35.1 Å². The van der Waals surface area contributed by atoms with Crippen LogP contribution in [0.2, 0.25) is 0 Å². The maximum atomic E-state index is 13.6. The summed E-state index contributed by atoms with van der Waals surface area (Å²) in [6, 6.07) is 3.01. The molecule has 188 valence electrons. The topological polar surface area (TPSA) is 66.9 Å². The van der Waals surface area contributed by atoms with Crippen LogP contribution < -0.4 is 9.47 Å². The van der Waals surface area contributed by atoms with Crippen molar-refractivity contribution < 1.29 is 58.9 Å². The number of benzene rings is 1. The minimum absolute atomic E-state index is 0.179. The Bertz CT molecular complexity index is 1000. The van der Waals surface area contributed by atoms with Crippen LogP contribution in [0.4, 0.5) is 35.1 Å². The average Bonchev–Trinajstić information content (AvgIpc) is 3.40. The molecule has 6 nitrogen and oxygen atoms in total. The summed E-state index contributed by atoms with van der Waals surface area (Å²) in [5.41, 5.74) is -5.09. The van der Waals surface area contributed by atoms with Crippen LogP contribution in [-0.4, -0.2) is 49.7 Å². The third-order valence-electron chi connectivity index (χ3n) is 4.46. The second-order valence-corrected chi connectivity index (χ2v) is 7.97. The molecule has 0 amide bonds. The molecule has 2 aromatic rings. The van der Waals surface area contributed by atoms with Crippen molar-refractivity contribution in [1.82, 2.24) is 4.98 Å². The lowest BCUT2D eigenvalue weighted by atomic mass is 10.0. The van der Waals surface area contributed by atoms with Gasteiger partial charge >= 0.3 is 24.6 Å². The van der Waals surface area contributed by atoms with E-state index < -0.39 is 47.0 Å². The van der Waals surface area contributed by atoms with E-state index in [0.29, 0.717) is 19.0 Å². The van der Waals surface area contributed by atoms with Crippen molar-refractivity contribution in [3.63, 3.8) is 0 Å². The van der Waals surface area contributed by atoms with Gasteiger partial charge in [0.1, 0.15) is 11.8 Å². The molecule has 15 heteroatoms.